The van der Waals surface area contributed by atoms with Gasteiger partial charge in [0.1, 0.15) is 5.82 Å². The molecule has 2 heterocycles. The first-order chi connectivity index (χ1) is 18.9. The Labute approximate surface area is 223 Å². The molecule has 6 rings (SSSR count). The van der Waals surface area contributed by atoms with E-state index in [0.717, 1.165) is 16.7 Å². The SMILES string of the molecule is COc1cc([C@@H]2c3cc4c(cc3C[C@H]3COC(=O)[C@@H]32)OCO4)cc(OC)c1OCC(=O)Nc1cccc(F)c1. The number of rotatable bonds is 7. The molecule has 39 heavy (non-hydrogen) atoms. The van der Waals surface area contributed by atoms with Gasteiger partial charge in [0.2, 0.25) is 12.5 Å². The maximum absolute atomic E-state index is 13.5. The summed E-state index contributed by atoms with van der Waals surface area (Å²) in [4.78, 5) is 25.4. The minimum absolute atomic E-state index is 0.00908. The highest BCUT2D eigenvalue weighted by molar-refractivity contribution is 5.92. The van der Waals surface area contributed by atoms with Crippen LogP contribution in [-0.4, -0.2) is 46.1 Å². The van der Waals surface area contributed by atoms with Crippen LogP contribution in [0.2, 0.25) is 0 Å². The Kier molecular flexibility index (Phi) is 6.38. The Bertz CT molecular complexity index is 1430. The second-order valence-corrected chi connectivity index (χ2v) is 9.60. The van der Waals surface area contributed by atoms with Gasteiger partial charge >= 0.3 is 5.97 Å². The number of methoxy groups -OCH3 is 2. The molecule has 3 aromatic rings. The lowest BCUT2D eigenvalue weighted by Gasteiger charge is -2.34. The number of fused-ring (bicyclic) bond motifs is 3. The monoisotopic (exact) mass is 535 g/mol. The molecule has 0 spiro atoms. The fourth-order valence-corrected chi connectivity index (χ4v) is 5.63. The number of hydrogen-bond donors (Lipinski definition) is 1. The molecule has 3 aromatic carbocycles. The average Bonchev–Trinajstić information content (AvgIpc) is 3.54. The van der Waals surface area contributed by atoms with Crippen molar-refractivity contribution in [1.82, 2.24) is 0 Å². The molecule has 1 saturated heterocycles. The van der Waals surface area contributed by atoms with Crippen molar-refractivity contribution in [3.63, 3.8) is 0 Å². The molecule has 9 nitrogen and oxygen atoms in total. The minimum atomic E-state index is -0.484. The van der Waals surface area contributed by atoms with Gasteiger partial charge in [-0.15, -0.1) is 0 Å². The number of anilines is 1. The van der Waals surface area contributed by atoms with E-state index in [9.17, 15) is 14.0 Å². The topological polar surface area (TPSA) is 102 Å². The van der Waals surface area contributed by atoms with Crippen LogP contribution in [-0.2, 0) is 20.7 Å². The van der Waals surface area contributed by atoms with Gasteiger partial charge in [0.15, 0.2) is 29.6 Å². The van der Waals surface area contributed by atoms with Gasteiger partial charge in [0, 0.05) is 17.5 Å². The van der Waals surface area contributed by atoms with Crippen molar-refractivity contribution < 1.29 is 42.4 Å². The van der Waals surface area contributed by atoms with Crippen LogP contribution in [0.15, 0.2) is 48.5 Å². The third-order valence-electron chi connectivity index (χ3n) is 7.33. The van der Waals surface area contributed by atoms with E-state index in [1.54, 1.807) is 18.2 Å². The summed E-state index contributed by atoms with van der Waals surface area (Å²) < 4.78 is 47.3. The number of hydrogen-bond acceptors (Lipinski definition) is 8. The lowest BCUT2D eigenvalue weighted by molar-refractivity contribution is -0.141. The van der Waals surface area contributed by atoms with E-state index in [1.807, 2.05) is 12.1 Å². The quantitative estimate of drug-likeness (QED) is 0.452. The van der Waals surface area contributed by atoms with Crippen LogP contribution in [0.4, 0.5) is 10.1 Å². The maximum atomic E-state index is 13.5. The summed E-state index contributed by atoms with van der Waals surface area (Å²) in [6.07, 6.45) is 0.689. The lowest BCUT2D eigenvalue weighted by Crippen LogP contribution is -2.31. The van der Waals surface area contributed by atoms with Crippen molar-refractivity contribution in [2.24, 2.45) is 11.8 Å². The smallest absolute Gasteiger partial charge is 0.310 e. The minimum Gasteiger partial charge on any atom is -0.493 e. The summed E-state index contributed by atoms with van der Waals surface area (Å²) in [5.41, 5.74) is 3.10. The Balaban J connectivity index is 1.33. The number of amides is 1. The van der Waals surface area contributed by atoms with Gasteiger partial charge in [-0.1, -0.05) is 6.07 Å². The first-order valence-electron chi connectivity index (χ1n) is 12.5. The van der Waals surface area contributed by atoms with E-state index in [-0.39, 0.29) is 37.0 Å². The normalized spacial score (nSPS) is 20.5. The third kappa shape index (κ3) is 4.56. The average molecular weight is 536 g/mol. The van der Waals surface area contributed by atoms with Gasteiger partial charge in [0.25, 0.3) is 5.91 Å². The summed E-state index contributed by atoms with van der Waals surface area (Å²) in [6, 6.07) is 13.1. The number of esters is 1. The number of carbonyl (C=O) groups excluding carboxylic acids is 2. The second kappa shape index (κ2) is 10.0. The molecule has 3 atom stereocenters. The fourth-order valence-electron chi connectivity index (χ4n) is 5.63. The lowest BCUT2D eigenvalue weighted by atomic mass is 9.67. The molecule has 10 heteroatoms. The molecule has 1 aliphatic carbocycles. The summed E-state index contributed by atoms with van der Waals surface area (Å²) in [5, 5.41) is 2.59. The number of benzene rings is 3. The number of ether oxygens (including phenoxy) is 6. The van der Waals surface area contributed by atoms with E-state index < -0.39 is 17.6 Å². The van der Waals surface area contributed by atoms with Crippen LogP contribution in [0.1, 0.15) is 22.6 Å². The van der Waals surface area contributed by atoms with E-state index >= 15 is 0 Å². The number of carbonyl (C=O) groups is 2. The highest BCUT2D eigenvalue weighted by Gasteiger charge is 2.48. The van der Waals surface area contributed by atoms with E-state index in [4.69, 9.17) is 28.4 Å². The highest BCUT2D eigenvalue weighted by Crippen LogP contribution is 2.52. The van der Waals surface area contributed by atoms with Gasteiger partial charge in [0.05, 0.1) is 26.7 Å². The van der Waals surface area contributed by atoms with Crippen LogP contribution >= 0.6 is 0 Å². The molecule has 1 fully saturated rings. The summed E-state index contributed by atoms with van der Waals surface area (Å²) in [6.45, 7) is 0.136. The molecule has 0 bridgehead atoms. The van der Waals surface area contributed by atoms with Gasteiger partial charge < -0.3 is 33.7 Å². The number of halogens is 1. The zero-order valence-corrected chi connectivity index (χ0v) is 21.3. The molecule has 1 N–H and O–H groups in total. The number of cyclic esters (lactones) is 1. The predicted molar refractivity (Wildman–Crippen MR) is 136 cm³/mol. The van der Waals surface area contributed by atoms with Crippen molar-refractivity contribution in [2.75, 3.05) is 39.5 Å². The first kappa shape index (κ1) is 24.8. The molecule has 0 unspecified atom stereocenters. The molecule has 0 aromatic heterocycles. The van der Waals surface area contributed by atoms with Crippen molar-refractivity contribution in [2.45, 2.75) is 12.3 Å². The Morgan fingerprint density at radius 2 is 1.77 bits per heavy atom. The Hall–Kier alpha value is -4.47. The standard InChI is InChI=1S/C29H26FNO8/c1-34-23-8-16(9-24(35-2)28(23)36-13-25(32)31-19-5-3-4-18(30)10-19)26-20-11-22-21(38-14-39-22)7-15(20)6-17-12-37-29(33)27(17)26/h3-5,7-11,17,26-27H,6,12-14H2,1-2H3,(H,31,32)/t17-,26+,27-/m0/s1. The van der Waals surface area contributed by atoms with E-state index in [0.29, 0.717) is 41.7 Å². The van der Waals surface area contributed by atoms with Gasteiger partial charge in [-0.3, -0.25) is 9.59 Å². The van der Waals surface area contributed by atoms with Gasteiger partial charge in [-0.2, -0.15) is 0 Å². The van der Waals surface area contributed by atoms with Crippen LogP contribution in [0.3, 0.4) is 0 Å². The summed E-state index contributed by atoms with van der Waals surface area (Å²) >= 11 is 0. The predicted octanol–water partition coefficient (Wildman–Crippen LogP) is 4.07. The van der Waals surface area contributed by atoms with Crippen LogP contribution in [0.25, 0.3) is 0 Å². The first-order valence-corrected chi connectivity index (χ1v) is 12.5. The second-order valence-electron chi connectivity index (χ2n) is 9.60. The largest absolute Gasteiger partial charge is 0.493 e. The molecule has 1 amide bonds. The maximum Gasteiger partial charge on any atom is 0.310 e. The zero-order chi connectivity index (χ0) is 27.1. The third-order valence-corrected chi connectivity index (χ3v) is 7.33. The number of nitrogens with one attached hydrogen (secondary N) is 1. The van der Waals surface area contributed by atoms with Crippen LogP contribution in [0.5, 0.6) is 28.7 Å². The zero-order valence-electron chi connectivity index (χ0n) is 21.3. The molecule has 0 saturated carbocycles. The van der Waals surface area contributed by atoms with Crippen molar-refractivity contribution in [3.05, 3.63) is 71.0 Å². The van der Waals surface area contributed by atoms with Gasteiger partial charge in [-0.25, -0.2) is 4.39 Å². The molecular weight excluding hydrogens is 509 g/mol. The van der Waals surface area contributed by atoms with Crippen LogP contribution < -0.4 is 29.0 Å². The molecule has 202 valence electrons. The van der Waals surface area contributed by atoms with Crippen molar-refractivity contribution in [1.29, 1.82) is 0 Å². The van der Waals surface area contributed by atoms with E-state index in [1.165, 1.54) is 32.4 Å². The molecule has 3 aliphatic rings. The van der Waals surface area contributed by atoms with Crippen molar-refractivity contribution >= 4 is 17.6 Å². The van der Waals surface area contributed by atoms with Crippen LogP contribution in [0, 0.1) is 17.7 Å². The molecule has 2 aliphatic heterocycles. The Morgan fingerprint density at radius 1 is 1.03 bits per heavy atom. The van der Waals surface area contributed by atoms with Crippen molar-refractivity contribution in [3.8, 4) is 28.7 Å². The summed E-state index contributed by atoms with van der Waals surface area (Å²) in [5.74, 6) is 0.279. The summed E-state index contributed by atoms with van der Waals surface area (Å²) in [7, 11) is 2.97. The Morgan fingerprint density at radius 3 is 2.49 bits per heavy atom. The molecule has 0 radical (unpaired) electrons. The van der Waals surface area contributed by atoms with E-state index in [2.05, 4.69) is 5.32 Å². The highest BCUT2D eigenvalue weighted by atomic mass is 19.1. The van der Waals surface area contributed by atoms with Gasteiger partial charge in [-0.05, 0) is 65.6 Å². The molecular formula is C29H26FNO8. The fraction of sp³-hybridized carbons (Fsp3) is 0.310.